The van der Waals surface area contributed by atoms with E-state index in [2.05, 4.69) is 4.90 Å². The minimum Gasteiger partial charge on any atom is -0.508 e. The lowest BCUT2D eigenvalue weighted by molar-refractivity contribution is 0.183. The van der Waals surface area contributed by atoms with Crippen molar-refractivity contribution in [1.82, 2.24) is 4.90 Å². The summed E-state index contributed by atoms with van der Waals surface area (Å²) >= 11 is 0. The van der Waals surface area contributed by atoms with Crippen molar-refractivity contribution in [1.29, 1.82) is 0 Å². The Labute approximate surface area is 216 Å². The van der Waals surface area contributed by atoms with Gasteiger partial charge in [-0.2, -0.15) is 8.42 Å². The molecule has 0 aromatic heterocycles. The Morgan fingerprint density at radius 3 is 2.30 bits per heavy atom. The van der Waals surface area contributed by atoms with Gasteiger partial charge in [0.15, 0.2) is 0 Å². The third-order valence-corrected chi connectivity index (χ3v) is 7.49. The first-order valence-corrected chi connectivity index (χ1v) is 13.8. The molecule has 0 bridgehead atoms. The monoisotopic (exact) mass is 519 g/mol. The van der Waals surface area contributed by atoms with E-state index in [0.29, 0.717) is 34.6 Å². The molecule has 0 aliphatic carbocycles. The van der Waals surface area contributed by atoms with Gasteiger partial charge in [-0.1, -0.05) is 30.7 Å². The zero-order valence-electron chi connectivity index (χ0n) is 20.3. The molecule has 0 amide bonds. The van der Waals surface area contributed by atoms with Crippen LogP contribution < -0.4 is 9.47 Å². The van der Waals surface area contributed by atoms with Crippen LogP contribution in [0.1, 0.15) is 19.3 Å². The van der Waals surface area contributed by atoms with Gasteiger partial charge >= 0.3 is 0 Å². The fraction of sp³-hybridized carbons (Fsp3) is 0.241. The normalized spacial score (nSPS) is 14.5. The number of ether oxygens (including phenoxy) is 2. The van der Waals surface area contributed by atoms with Crippen molar-refractivity contribution in [3.05, 3.63) is 78.9 Å². The standard InChI is InChI=1S/C29H29NO6S/c31-22-9-15-25-21(20-22)8-14-27(26-6-2-3-7-28(26)37(32,33)34)29(25)36-24-12-10-23(11-13-24)35-19-18-30-16-4-1-5-17-30/h2-3,6-15,20,31H,1,4-5,16-19H2,(H,32,33,34). The molecule has 37 heavy (non-hydrogen) atoms. The van der Waals surface area contributed by atoms with Gasteiger partial charge in [-0.05, 0) is 85.9 Å². The Morgan fingerprint density at radius 1 is 0.811 bits per heavy atom. The van der Waals surface area contributed by atoms with Crippen molar-refractivity contribution in [3.63, 3.8) is 0 Å². The Hall–Kier alpha value is -3.59. The highest BCUT2D eigenvalue weighted by atomic mass is 32.2. The van der Waals surface area contributed by atoms with Gasteiger partial charge in [0.05, 0.1) is 0 Å². The molecule has 1 saturated heterocycles. The van der Waals surface area contributed by atoms with Crippen LogP contribution in [0.15, 0.2) is 83.8 Å². The maximum atomic E-state index is 12.1. The van der Waals surface area contributed by atoms with Crippen LogP contribution in [0.2, 0.25) is 0 Å². The van der Waals surface area contributed by atoms with Crippen molar-refractivity contribution in [2.45, 2.75) is 24.2 Å². The molecule has 0 unspecified atom stereocenters. The molecule has 1 fully saturated rings. The van der Waals surface area contributed by atoms with Gasteiger partial charge < -0.3 is 14.6 Å². The van der Waals surface area contributed by atoms with Gasteiger partial charge in [-0.25, -0.2) is 0 Å². The summed E-state index contributed by atoms with van der Waals surface area (Å²) < 4.78 is 46.3. The van der Waals surface area contributed by atoms with E-state index in [-0.39, 0.29) is 10.6 Å². The average molecular weight is 520 g/mol. The van der Waals surface area contributed by atoms with Crippen LogP contribution in [0.5, 0.6) is 23.0 Å². The molecule has 8 heteroatoms. The number of likely N-dealkylation sites (tertiary alicyclic amines) is 1. The fourth-order valence-corrected chi connectivity index (χ4v) is 5.43. The summed E-state index contributed by atoms with van der Waals surface area (Å²) in [5, 5.41) is 11.4. The number of fused-ring (bicyclic) bond motifs is 1. The summed E-state index contributed by atoms with van der Waals surface area (Å²) in [5.74, 6) is 1.79. The molecule has 7 nitrogen and oxygen atoms in total. The number of phenolic OH excluding ortho intramolecular Hbond substituents is 1. The predicted molar refractivity (Wildman–Crippen MR) is 143 cm³/mol. The number of hydrogen-bond donors (Lipinski definition) is 2. The molecule has 1 aliphatic heterocycles. The maximum absolute atomic E-state index is 12.1. The second-order valence-electron chi connectivity index (χ2n) is 9.14. The van der Waals surface area contributed by atoms with E-state index in [4.69, 9.17) is 9.47 Å². The molecule has 192 valence electrons. The molecule has 0 spiro atoms. The molecule has 0 saturated carbocycles. The van der Waals surface area contributed by atoms with Crippen LogP contribution in [0, 0.1) is 0 Å². The lowest BCUT2D eigenvalue weighted by Gasteiger charge is -2.26. The SMILES string of the molecule is O=S(=O)(O)c1ccccc1-c1ccc2cc(O)ccc2c1Oc1ccc(OCCN2CCCCC2)cc1. The van der Waals surface area contributed by atoms with Gasteiger partial charge in [-0.3, -0.25) is 9.45 Å². The number of hydrogen-bond acceptors (Lipinski definition) is 6. The van der Waals surface area contributed by atoms with Crippen LogP contribution in [-0.4, -0.2) is 49.2 Å². The average Bonchev–Trinajstić information content (AvgIpc) is 2.90. The molecule has 1 heterocycles. The Kier molecular flexibility index (Phi) is 7.32. The number of aromatic hydroxyl groups is 1. The lowest BCUT2D eigenvalue weighted by atomic mass is 9.99. The topological polar surface area (TPSA) is 96.3 Å². The lowest BCUT2D eigenvalue weighted by Crippen LogP contribution is -2.33. The van der Waals surface area contributed by atoms with Gasteiger partial charge in [0.25, 0.3) is 10.1 Å². The third kappa shape index (κ3) is 5.88. The first-order valence-electron chi connectivity index (χ1n) is 12.3. The van der Waals surface area contributed by atoms with Crippen molar-refractivity contribution >= 4 is 20.9 Å². The van der Waals surface area contributed by atoms with Crippen LogP contribution >= 0.6 is 0 Å². The van der Waals surface area contributed by atoms with Gasteiger partial charge in [0.2, 0.25) is 0 Å². The van der Waals surface area contributed by atoms with E-state index >= 15 is 0 Å². The largest absolute Gasteiger partial charge is 0.508 e. The van der Waals surface area contributed by atoms with E-state index in [0.717, 1.165) is 30.8 Å². The number of phenols is 1. The Bertz CT molecular complexity index is 1500. The van der Waals surface area contributed by atoms with E-state index in [9.17, 15) is 18.1 Å². The van der Waals surface area contributed by atoms with Crippen molar-refractivity contribution in [3.8, 4) is 34.1 Å². The van der Waals surface area contributed by atoms with Gasteiger partial charge in [0, 0.05) is 23.1 Å². The summed E-state index contributed by atoms with van der Waals surface area (Å²) in [5.41, 5.74) is 0.806. The molecular formula is C29H29NO6S. The van der Waals surface area contributed by atoms with E-state index in [1.54, 1.807) is 60.7 Å². The van der Waals surface area contributed by atoms with Crippen molar-refractivity contribution in [2.24, 2.45) is 0 Å². The summed E-state index contributed by atoms with van der Waals surface area (Å²) in [7, 11) is -4.47. The molecule has 2 N–H and O–H groups in total. The fourth-order valence-electron chi connectivity index (χ4n) is 4.72. The third-order valence-electron chi connectivity index (χ3n) is 6.58. The zero-order valence-corrected chi connectivity index (χ0v) is 21.2. The number of rotatable bonds is 8. The first-order chi connectivity index (χ1) is 17.9. The Morgan fingerprint density at radius 2 is 1.54 bits per heavy atom. The predicted octanol–water partition coefficient (Wildman–Crippen LogP) is 6.12. The first kappa shape index (κ1) is 25.1. The van der Waals surface area contributed by atoms with Crippen molar-refractivity contribution in [2.75, 3.05) is 26.2 Å². The Balaban J connectivity index is 1.44. The molecule has 4 aromatic rings. The molecule has 0 radical (unpaired) electrons. The van der Waals surface area contributed by atoms with Gasteiger partial charge in [-0.15, -0.1) is 0 Å². The smallest absolute Gasteiger partial charge is 0.295 e. The van der Waals surface area contributed by atoms with Crippen molar-refractivity contribution < 1.29 is 27.6 Å². The molecular weight excluding hydrogens is 490 g/mol. The minimum atomic E-state index is -4.47. The molecule has 1 aliphatic rings. The number of piperidine rings is 1. The summed E-state index contributed by atoms with van der Waals surface area (Å²) in [4.78, 5) is 2.21. The van der Waals surface area contributed by atoms with E-state index < -0.39 is 10.1 Å². The summed E-state index contributed by atoms with van der Waals surface area (Å²) in [6.45, 7) is 3.77. The minimum absolute atomic E-state index is 0.107. The maximum Gasteiger partial charge on any atom is 0.295 e. The van der Waals surface area contributed by atoms with Gasteiger partial charge in [0.1, 0.15) is 34.5 Å². The van der Waals surface area contributed by atoms with E-state index in [1.165, 1.54) is 25.3 Å². The molecule has 0 atom stereocenters. The summed E-state index contributed by atoms with van der Waals surface area (Å²) in [6.07, 6.45) is 3.80. The van der Waals surface area contributed by atoms with E-state index in [1.807, 2.05) is 12.1 Å². The highest BCUT2D eigenvalue weighted by Gasteiger charge is 2.21. The molecule has 5 rings (SSSR count). The highest BCUT2D eigenvalue weighted by molar-refractivity contribution is 7.86. The zero-order chi connectivity index (χ0) is 25.8. The second-order valence-corrected chi connectivity index (χ2v) is 10.5. The quantitative estimate of drug-likeness (QED) is 0.271. The second kappa shape index (κ2) is 10.8. The number of nitrogens with zero attached hydrogens (tertiary/aromatic N) is 1. The molecule has 4 aromatic carbocycles. The van der Waals surface area contributed by atoms with Crippen LogP contribution in [0.3, 0.4) is 0 Å². The van der Waals surface area contributed by atoms with Crippen LogP contribution in [0.4, 0.5) is 0 Å². The van der Waals surface area contributed by atoms with Crippen LogP contribution in [-0.2, 0) is 10.1 Å². The van der Waals surface area contributed by atoms with Crippen LogP contribution in [0.25, 0.3) is 21.9 Å². The number of benzene rings is 4. The summed E-state index contributed by atoms with van der Waals surface area (Å²) in [6, 6.07) is 21.9. The highest BCUT2D eigenvalue weighted by Crippen LogP contribution is 2.42.